The van der Waals surface area contributed by atoms with E-state index in [0.29, 0.717) is 13.2 Å². The lowest BCUT2D eigenvalue weighted by molar-refractivity contribution is 0.138. The van der Waals surface area contributed by atoms with Gasteiger partial charge in [-0.25, -0.2) is 4.79 Å². The van der Waals surface area contributed by atoms with Gasteiger partial charge in [-0.2, -0.15) is 0 Å². The van der Waals surface area contributed by atoms with E-state index in [9.17, 15) is 4.79 Å². The zero-order chi connectivity index (χ0) is 13.5. The third-order valence-corrected chi connectivity index (χ3v) is 3.14. The highest BCUT2D eigenvalue weighted by Gasteiger charge is 2.34. The number of amides is 1. The first-order valence-electron chi connectivity index (χ1n) is 6.88. The van der Waals surface area contributed by atoms with Gasteiger partial charge in [0, 0.05) is 0 Å². The van der Waals surface area contributed by atoms with Crippen LogP contribution in [0.5, 0.6) is 0 Å². The third-order valence-electron chi connectivity index (χ3n) is 3.14. The van der Waals surface area contributed by atoms with E-state index in [1.165, 1.54) is 5.56 Å². The summed E-state index contributed by atoms with van der Waals surface area (Å²) >= 11 is 0. The summed E-state index contributed by atoms with van der Waals surface area (Å²) in [5, 5.41) is 2.90. The molecule has 0 unspecified atom stereocenters. The molecule has 0 aliphatic carbocycles. The lowest BCUT2D eigenvalue weighted by Crippen LogP contribution is -2.40. The van der Waals surface area contributed by atoms with Gasteiger partial charge in [0.25, 0.3) is 0 Å². The fourth-order valence-corrected chi connectivity index (χ4v) is 1.93. The van der Waals surface area contributed by atoms with Crippen molar-refractivity contribution < 1.29 is 14.3 Å². The van der Waals surface area contributed by atoms with Crippen molar-refractivity contribution in [3.05, 3.63) is 35.9 Å². The van der Waals surface area contributed by atoms with Crippen molar-refractivity contribution in [3.63, 3.8) is 0 Å². The number of unbranched alkanes of at least 4 members (excludes halogenated alkanes) is 1. The van der Waals surface area contributed by atoms with E-state index in [0.717, 1.165) is 19.3 Å². The number of alkyl carbamates (subject to hydrolysis) is 1. The van der Waals surface area contributed by atoms with Crippen LogP contribution >= 0.6 is 0 Å². The largest absolute Gasteiger partial charge is 0.450 e. The van der Waals surface area contributed by atoms with Gasteiger partial charge in [0.1, 0.15) is 6.10 Å². The summed E-state index contributed by atoms with van der Waals surface area (Å²) in [7, 11) is 0. The number of ether oxygens (including phenoxy) is 2. The first kappa shape index (κ1) is 13.9. The molecule has 1 N–H and O–H groups in total. The highest BCUT2D eigenvalue weighted by Crippen LogP contribution is 2.18. The maximum atomic E-state index is 11.7. The fourth-order valence-electron chi connectivity index (χ4n) is 1.93. The summed E-state index contributed by atoms with van der Waals surface area (Å²) in [6.07, 6.45) is 2.47. The van der Waals surface area contributed by atoms with Crippen LogP contribution in [0.3, 0.4) is 0 Å². The molecule has 1 aromatic rings. The first-order valence-corrected chi connectivity index (χ1v) is 6.88. The van der Waals surface area contributed by atoms with Crippen LogP contribution in [0.1, 0.15) is 25.3 Å². The molecule has 1 saturated heterocycles. The Morgan fingerprint density at radius 1 is 1.47 bits per heavy atom. The van der Waals surface area contributed by atoms with Crippen LogP contribution in [0.2, 0.25) is 0 Å². The molecule has 1 aliphatic heterocycles. The molecule has 2 atom stereocenters. The van der Waals surface area contributed by atoms with Crippen molar-refractivity contribution >= 4 is 6.09 Å². The van der Waals surface area contributed by atoms with Crippen LogP contribution in [0.25, 0.3) is 0 Å². The van der Waals surface area contributed by atoms with Crippen molar-refractivity contribution in [3.8, 4) is 0 Å². The molecular weight excluding hydrogens is 242 g/mol. The van der Waals surface area contributed by atoms with Crippen molar-refractivity contribution in [2.75, 3.05) is 13.2 Å². The summed E-state index contributed by atoms with van der Waals surface area (Å²) in [6, 6.07) is 10.1. The quantitative estimate of drug-likeness (QED) is 0.607. The molecule has 2 rings (SSSR count). The molecular formula is C15H21NO3. The molecule has 1 heterocycles. The predicted molar refractivity (Wildman–Crippen MR) is 73.1 cm³/mol. The Hall–Kier alpha value is -1.55. The predicted octanol–water partition coefficient (Wildman–Crippen LogP) is 2.52. The minimum Gasteiger partial charge on any atom is -0.450 e. The van der Waals surface area contributed by atoms with Crippen LogP contribution in [0, 0.1) is 0 Å². The molecule has 104 valence electrons. The highest BCUT2D eigenvalue weighted by atomic mass is 16.6. The zero-order valence-electron chi connectivity index (χ0n) is 11.3. The van der Waals surface area contributed by atoms with Gasteiger partial charge >= 0.3 is 6.09 Å². The summed E-state index contributed by atoms with van der Waals surface area (Å²) in [6.45, 7) is 3.26. The zero-order valence-corrected chi connectivity index (χ0v) is 11.3. The summed E-state index contributed by atoms with van der Waals surface area (Å²) in [5.41, 5.74) is 1.19. The Kier molecular flexibility index (Phi) is 5.21. The molecule has 0 aromatic heterocycles. The van der Waals surface area contributed by atoms with Crippen molar-refractivity contribution in [1.29, 1.82) is 0 Å². The third kappa shape index (κ3) is 4.91. The lowest BCUT2D eigenvalue weighted by Gasteiger charge is -2.16. The van der Waals surface area contributed by atoms with Crippen molar-refractivity contribution in [2.45, 2.75) is 38.3 Å². The number of carbonyl (C=O) groups is 1. The smallest absolute Gasteiger partial charge is 0.407 e. The number of carbonyl (C=O) groups excluding carboxylic acids is 1. The molecule has 1 aromatic carbocycles. The van der Waals surface area contributed by atoms with Gasteiger partial charge in [0.15, 0.2) is 0 Å². The fraction of sp³-hybridized carbons (Fsp3) is 0.533. The minimum absolute atomic E-state index is 0.00322. The molecule has 0 spiro atoms. The molecule has 4 heteroatoms. The molecule has 1 aliphatic rings. The second-order valence-electron chi connectivity index (χ2n) is 4.80. The van der Waals surface area contributed by atoms with Gasteiger partial charge in [-0.05, 0) is 18.4 Å². The Morgan fingerprint density at radius 3 is 2.84 bits per heavy atom. The van der Waals surface area contributed by atoms with E-state index in [2.05, 4.69) is 24.4 Å². The van der Waals surface area contributed by atoms with E-state index in [1.54, 1.807) is 0 Å². The van der Waals surface area contributed by atoms with Gasteiger partial charge in [-0.15, -0.1) is 0 Å². The van der Waals surface area contributed by atoms with Crippen molar-refractivity contribution in [2.24, 2.45) is 0 Å². The van der Waals surface area contributed by atoms with Crippen LogP contribution in [0.4, 0.5) is 4.79 Å². The summed E-state index contributed by atoms with van der Waals surface area (Å²) in [4.78, 5) is 11.7. The van der Waals surface area contributed by atoms with Crippen LogP contribution in [0.15, 0.2) is 30.3 Å². The standard InChI is InChI=1S/C15H21NO3/c1-2-3-9-18-15(17)16-13(14-11-19-14)10-12-7-5-4-6-8-12/h4-8,13-14H,2-3,9-11H2,1H3,(H,16,17)/t13-,14+/m0/s1. The van der Waals surface area contributed by atoms with E-state index >= 15 is 0 Å². The Bertz CT molecular complexity index is 390. The van der Waals surface area contributed by atoms with Crippen LogP contribution < -0.4 is 5.32 Å². The van der Waals surface area contributed by atoms with E-state index < -0.39 is 0 Å². The second kappa shape index (κ2) is 7.14. The maximum Gasteiger partial charge on any atom is 0.407 e. The number of nitrogens with one attached hydrogen (secondary N) is 1. The molecule has 1 fully saturated rings. The summed E-state index contributed by atoms with van der Waals surface area (Å²) < 4.78 is 10.4. The van der Waals surface area contributed by atoms with E-state index in [-0.39, 0.29) is 18.2 Å². The maximum absolute atomic E-state index is 11.7. The average molecular weight is 263 g/mol. The molecule has 4 nitrogen and oxygen atoms in total. The molecule has 19 heavy (non-hydrogen) atoms. The molecule has 0 radical (unpaired) electrons. The normalized spacial score (nSPS) is 18.7. The molecule has 0 bridgehead atoms. The Balaban J connectivity index is 1.81. The number of hydrogen-bond donors (Lipinski definition) is 1. The Labute approximate surface area is 114 Å². The second-order valence-corrected chi connectivity index (χ2v) is 4.80. The molecule has 1 amide bonds. The first-order chi connectivity index (χ1) is 9.29. The Morgan fingerprint density at radius 2 is 2.21 bits per heavy atom. The number of hydrogen-bond acceptors (Lipinski definition) is 3. The van der Waals surface area contributed by atoms with Gasteiger partial charge in [0.2, 0.25) is 0 Å². The van der Waals surface area contributed by atoms with E-state index in [4.69, 9.17) is 9.47 Å². The molecule has 0 saturated carbocycles. The van der Waals surface area contributed by atoms with Gasteiger partial charge in [-0.3, -0.25) is 0 Å². The van der Waals surface area contributed by atoms with Crippen LogP contribution in [-0.2, 0) is 15.9 Å². The van der Waals surface area contributed by atoms with Crippen LogP contribution in [-0.4, -0.2) is 31.5 Å². The monoisotopic (exact) mass is 263 g/mol. The van der Waals surface area contributed by atoms with E-state index in [1.807, 2.05) is 18.2 Å². The number of benzene rings is 1. The van der Waals surface area contributed by atoms with Gasteiger partial charge < -0.3 is 14.8 Å². The van der Waals surface area contributed by atoms with Gasteiger partial charge in [0.05, 0.1) is 19.3 Å². The summed E-state index contributed by atoms with van der Waals surface area (Å²) in [5.74, 6) is 0. The van der Waals surface area contributed by atoms with Gasteiger partial charge in [-0.1, -0.05) is 43.7 Å². The number of epoxide rings is 1. The SMILES string of the molecule is CCCCOC(=O)N[C@@H](Cc1ccccc1)[C@H]1CO1. The average Bonchev–Trinajstić information content (AvgIpc) is 3.24. The topological polar surface area (TPSA) is 50.9 Å². The minimum atomic E-state index is -0.343. The van der Waals surface area contributed by atoms with Crippen molar-refractivity contribution in [1.82, 2.24) is 5.32 Å². The lowest BCUT2D eigenvalue weighted by atomic mass is 10.0. The number of rotatable bonds is 7. The highest BCUT2D eigenvalue weighted by molar-refractivity contribution is 5.67.